The monoisotopic (exact) mass is 516 g/mol. The van der Waals surface area contributed by atoms with E-state index in [-0.39, 0.29) is 12.3 Å². The largest absolute Gasteiger partial charge is 0.321 e. The standard InChI is InChI=1S/C29H29ClN4O3/c1-19-9-8-12-23(15-19)32-27(37)33-29(21-10-6-5-7-11-21)26(36)34(18-25(35)28(2,3)4)24-14-13-22(30)16-20(24)17-31-29/h5-17H,18H2,1-4H3,(H2,32,33,37). The zero-order chi connectivity index (χ0) is 26.8. The first-order valence-corrected chi connectivity index (χ1v) is 12.3. The fourth-order valence-electron chi connectivity index (χ4n) is 4.02. The van der Waals surface area contributed by atoms with Crippen molar-refractivity contribution < 1.29 is 14.4 Å². The van der Waals surface area contributed by atoms with Gasteiger partial charge in [-0.25, -0.2) is 4.79 Å². The number of hydrogen-bond donors (Lipinski definition) is 2. The molecular formula is C29H29ClN4O3. The Morgan fingerprint density at radius 3 is 2.41 bits per heavy atom. The molecule has 0 saturated heterocycles. The molecule has 0 aliphatic carbocycles. The number of halogens is 1. The Morgan fingerprint density at radius 1 is 1.00 bits per heavy atom. The number of carbonyl (C=O) groups excluding carboxylic acids is 3. The molecular weight excluding hydrogens is 488 g/mol. The van der Waals surface area contributed by atoms with Gasteiger partial charge >= 0.3 is 6.03 Å². The predicted molar refractivity (Wildman–Crippen MR) is 147 cm³/mol. The van der Waals surface area contributed by atoms with Crippen molar-refractivity contribution in [1.82, 2.24) is 5.32 Å². The summed E-state index contributed by atoms with van der Waals surface area (Å²) in [6.07, 6.45) is 1.51. The van der Waals surface area contributed by atoms with E-state index in [4.69, 9.17) is 11.6 Å². The molecule has 4 rings (SSSR count). The van der Waals surface area contributed by atoms with Gasteiger partial charge in [0.05, 0.1) is 12.2 Å². The molecule has 1 aliphatic heterocycles. The Bertz CT molecular complexity index is 1380. The third-order valence-corrected chi connectivity index (χ3v) is 6.37. The smallest absolute Gasteiger partial charge is 0.308 e. The minimum absolute atomic E-state index is 0.144. The first-order valence-electron chi connectivity index (χ1n) is 11.9. The number of aliphatic imine (C=N–C) groups is 1. The molecule has 1 atom stereocenters. The van der Waals surface area contributed by atoms with Gasteiger partial charge in [-0.3, -0.25) is 14.6 Å². The lowest BCUT2D eigenvalue weighted by atomic mass is 9.90. The number of rotatable bonds is 5. The summed E-state index contributed by atoms with van der Waals surface area (Å²) in [5, 5.41) is 6.06. The summed E-state index contributed by atoms with van der Waals surface area (Å²) >= 11 is 6.26. The molecule has 0 saturated carbocycles. The first kappa shape index (κ1) is 26.1. The van der Waals surface area contributed by atoms with Crippen LogP contribution in [-0.2, 0) is 15.3 Å². The molecule has 0 bridgehead atoms. The number of ketones is 1. The summed E-state index contributed by atoms with van der Waals surface area (Å²) in [6, 6.07) is 20.5. The van der Waals surface area contributed by atoms with E-state index in [1.807, 2.05) is 31.2 Å². The second-order valence-electron chi connectivity index (χ2n) is 10.1. The molecule has 3 aromatic carbocycles. The molecule has 1 heterocycles. The lowest BCUT2D eigenvalue weighted by Gasteiger charge is -2.34. The highest BCUT2D eigenvalue weighted by molar-refractivity contribution is 6.31. The van der Waals surface area contributed by atoms with Crippen LogP contribution in [0.15, 0.2) is 77.8 Å². The topological polar surface area (TPSA) is 90.9 Å². The fourth-order valence-corrected chi connectivity index (χ4v) is 4.20. The molecule has 0 spiro atoms. The van der Waals surface area contributed by atoms with Gasteiger partial charge in [-0.2, -0.15) is 0 Å². The van der Waals surface area contributed by atoms with Crippen molar-refractivity contribution >= 4 is 46.9 Å². The number of urea groups is 1. The molecule has 7 nitrogen and oxygen atoms in total. The second-order valence-corrected chi connectivity index (χ2v) is 10.5. The van der Waals surface area contributed by atoms with E-state index in [2.05, 4.69) is 15.6 Å². The number of benzene rings is 3. The predicted octanol–water partition coefficient (Wildman–Crippen LogP) is 5.70. The van der Waals surface area contributed by atoms with Gasteiger partial charge in [-0.05, 0) is 42.8 Å². The van der Waals surface area contributed by atoms with Crippen molar-refractivity contribution in [2.45, 2.75) is 33.4 Å². The Labute approximate surface area is 221 Å². The van der Waals surface area contributed by atoms with E-state index in [1.54, 1.807) is 69.3 Å². The van der Waals surface area contributed by atoms with Crippen LogP contribution >= 0.6 is 11.6 Å². The van der Waals surface area contributed by atoms with Crippen LogP contribution in [0.1, 0.15) is 37.5 Å². The maximum absolute atomic E-state index is 14.4. The van der Waals surface area contributed by atoms with Crippen molar-refractivity contribution in [2.24, 2.45) is 10.4 Å². The van der Waals surface area contributed by atoms with Gasteiger partial charge in [0.2, 0.25) is 5.66 Å². The molecule has 1 aliphatic rings. The van der Waals surface area contributed by atoms with Crippen molar-refractivity contribution in [3.05, 3.63) is 94.5 Å². The molecule has 37 heavy (non-hydrogen) atoms. The number of carbonyl (C=O) groups is 3. The van der Waals surface area contributed by atoms with Gasteiger partial charge in [0.1, 0.15) is 0 Å². The fraction of sp³-hybridized carbons (Fsp3) is 0.241. The number of amides is 3. The number of benzodiazepines with no additional fused rings is 1. The number of Topliss-reactive ketones (excluding diaryl/α,β-unsaturated/α-hetero) is 1. The third-order valence-electron chi connectivity index (χ3n) is 6.13. The summed E-state index contributed by atoms with van der Waals surface area (Å²) in [5.41, 5.74) is 0.502. The highest BCUT2D eigenvalue weighted by Crippen LogP contribution is 2.35. The van der Waals surface area contributed by atoms with E-state index in [9.17, 15) is 14.4 Å². The van der Waals surface area contributed by atoms with E-state index >= 15 is 0 Å². The Morgan fingerprint density at radius 2 is 1.73 bits per heavy atom. The van der Waals surface area contributed by atoms with Crippen LogP contribution in [0.2, 0.25) is 5.02 Å². The maximum atomic E-state index is 14.4. The Balaban J connectivity index is 1.83. The molecule has 1 unspecified atom stereocenters. The van der Waals surface area contributed by atoms with Crippen molar-refractivity contribution in [3.8, 4) is 0 Å². The summed E-state index contributed by atoms with van der Waals surface area (Å²) in [5.74, 6) is -0.706. The zero-order valence-electron chi connectivity index (χ0n) is 21.2. The second kappa shape index (κ2) is 10.2. The molecule has 0 aromatic heterocycles. The van der Waals surface area contributed by atoms with Gasteiger partial charge in [-0.15, -0.1) is 0 Å². The van der Waals surface area contributed by atoms with Crippen LogP contribution in [-0.4, -0.2) is 30.5 Å². The first-order chi connectivity index (χ1) is 17.5. The number of nitrogens with zero attached hydrogens (tertiary/aromatic N) is 2. The summed E-state index contributed by atoms with van der Waals surface area (Å²) < 4.78 is 0. The number of fused-ring (bicyclic) bond motifs is 1. The van der Waals surface area contributed by atoms with Crippen molar-refractivity contribution in [3.63, 3.8) is 0 Å². The summed E-state index contributed by atoms with van der Waals surface area (Å²) in [6.45, 7) is 7.12. The average molecular weight is 517 g/mol. The van der Waals surface area contributed by atoms with Crippen LogP contribution in [0.3, 0.4) is 0 Å². The van der Waals surface area contributed by atoms with Gasteiger partial charge in [0.15, 0.2) is 5.78 Å². The highest BCUT2D eigenvalue weighted by Gasteiger charge is 2.47. The van der Waals surface area contributed by atoms with Crippen LogP contribution in [0, 0.1) is 12.3 Å². The molecule has 0 fully saturated rings. The molecule has 190 valence electrons. The molecule has 8 heteroatoms. The molecule has 0 radical (unpaired) electrons. The van der Waals surface area contributed by atoms with Crippen molar-refractivity contribution in [1.29, 1.82) is 0 Å². The molecule has 3 aromatic rings. The van der Waals surface area contributed by atoms with Crippen LogP contribution in [0.5, 0.6) is 0 Å². The Kier molecular flexibility index (Phi) is 7.18. The zero-order valence-corrected chi connectivity index (χ0v) is 22.0. The van der Waals surface area contributed by atoms with Crippen LogP contribution < -0.4 is 15.5 Å². The lowest BCUT2D eigenvalue weighted by Crippen LogP contribution is -2.58. The number of nitrogens with one attached hydrogen (secondary N) is 2. The Hall–Kier alpha value is -3.97. The van der Waals surface area contributed by atoms with Crippen LogP contribution in [0.4, 0.5) is 16.2 Å². The van der Waals surface area contributed by atoms with Gasteiger partial charge in [0.25, 0.3) is 5.91 Å². The van der Waals surface area contributed by atoms with E-state index in [0.29, 0.717) is 27.5 Å². The summed E-state index contributed by atoms with van der Waals surface area (Å²) in [7, 11) is 0. The quantitative estimate of drug-likeness (QED) is 0.455. The van der Waals surface area contributed by atoms with E-state index < -0.39 is 23.0 Å². The number of anilines is 2. The summed E-state index contributed by atoms with van der Waals surface area (Å²) in [4.78, 5) is 46.9. The van der Waals surface area contributed by atoms with E-state index in [0.717, 1.165) is 5.56 Å². The van der Waals surface area contributed by atoms with Crippen molar-refractivity contribution in [2.75, 3.05) is 16.8 Å². The lowest BCUT2D eigenvalue weighted by molar-refractivity contribution is -0.129. The normalized spacial score (nSPS) is 17.1. The van der Waals surface area contributed by atoms with Gasteiger partial charge in [0, 0.05) is 33.5 Å². The van der Waals surface area contributed by atoms with E-state index in [1.165, 1.54) is 11.1 Å². The van der Waals surface area contributed by atoms with Crippen LogP contribution in [0.25, 0.3) is 0 Å². The maximum Gasteiger partial charge on any atom is 0.321 e. The molecule has 2 N–H and O–H groups in total. The number of aryl methyl sites for hydroxylation is 1. The highest BCUT2D eigenvalue weighted by atomic mass is 35.5. The number of hydrogen-bond acceptors (Lipinski definition) is 4. The molecule has 3 amide bonds. The minimum Gasteiger partial charge on any atom is -0.308 e. The van der Waals surface area contributed by atoms with Gasteiger partial charge < -0.3 is 15.5 Å². The SMILES string of the molecule is Cc1cccc(NC(=O)NC2(c3ccccc3)N=Cc3cc(Cl)ccc3N(CC(=O)C(C)(C)C)C2=O)c1. The van der Waals surface area contributed by atoms with Gasteiger partial charge in [-0.1, -0.05) is 74.8 Å². The minimum atomic E-state index is -1.83. The average Bonchev–Trinajstić information content (AvgIpc) is 2.95. The third kappa shape index (κ3) is 5.57.